The summed E-state index contributed by atoms with van der Waals surface area (Å²) in [4.78, 5) is 13.2. The Kier molecular flexibility index (Phi) is 3.56. The summed E-state index contributed by atoms with van der Waals surface area (Å²) < 4.78 is 0. The lowest BCUT2D eigenvalue weighted by atomic mass is 9.85. The molecule has 0 aromatic rings. The van der Waals surface area contributed by atoms with Gasteiger partial charge in [0.1, 0.15) is 0 Å². The maximum absolute atomic E-state index is 11.4. The zero-order chi connectivity index (χ0) is 9.14. The normalized spacial score (nSPS) is 19.9. The first-order valence-corrected chi connectivity index (χ1v) is 5.42. The molecule has 1 amide bonds. The minimum Gasteiger partial charge on any atom is -0.345 e. The minimum absolute atomic E-state index is 0.0393. The number of alkyl halides is 1. The number of carbonyl (C=O) groups excluding carboxylic acids is 1. The standard InChI is InChI=1S/C9H16BrNO/c1-7(10)9(12)11(2)6-8-4-3-5-8/h7-8H,3-6H2,1-2H3. The molecular formula is C9H16BrNO. The monoisotopic (exact) mass is 233 g/mol. The van der Waals surface area contributed by atoms with Gasteiger partial charge in [0, 0.05) is 13.6 Å². The predicted octanol–water partition coefficient (Wildman–Crippen LogP) is 2.03. The number of amides is 1. The molecule has 0 aliphatic heterocycles. The van der Waals surface area contributed by atoms with Crippen LogP contribution in [-0.4, -0.2) is 29.2 Å². The van der Waals surface area contributed by atoms with Crippen LogP contribution in [0.4, 0.5) is 0 Å². The average molecular weight is 234 g/mol. The van der Waals surface area contributed by atoms with Crippen molar-refractivity contribution in [2.45, 2.75) is 31.0 Å². The molecule has 1 atom stereocenters. The molecule has 12 heavy (non-hydrogen) atoms. The third kappa shape index (κ3) is 2.47. The van der Waals surface area contributed by atoms with E-state index in [2.05, 4.69) is 15.9 Å². The van der Waals surface area contributed by atoms with Gasteiger partial charge in [0.2, 0.25) is 5.91 Å². The Morgan fingerprint density at radius 1 is 1.67 bits per heavy atom. The molecule has 1 fully saturated rings. The molecule has 0 saturated heterocycles. The van der Waals surface area contributed by atoms with Crippen LogP contribution in [0.15, 0.2) is 0 Å². The maximum atomic E-state index is 11.4. The van der Waals surface area contributed by atoms with E-state index in [0.29, 0.717) is 0 Å². The maximum Gasteiger partial charge on any atom is 0.235 e. The van der Waals surface area contributed by atoms with E-state index in [1.807, 2.05) is 18.9 Å². The van der Waals surface area contributed by atoms with Gasteiger partial charge in [-0.1, -0.05) is 22.4 Å². The lowest BCUT2D eigenvalue weighted by molar-refractivity contribution is -0.129. The second-order valence-corrected chi connectivity index (χ2v) is 5.01. The Balaban J connectivity index is 2.26. The van der Waals surface area contributed by atoms with Gasteiger partial charge < -0.3 is 4.90 Å². The van der Waals surface area contributed by atoms with E-state index in [0.717, 1.165) is 12.5 Å². The molecule has 0 radical (unpaired) electrons. The highest BCUT2D eigenvalue weighted by Gasteiger charge is 2.22. The summed E-state index contributed by atoms with van der Waals surface area (Å²) in [6.07, 6.45) is 3.94. The van der Waals surface area contributed by atoms with Crippen molar-refractivity contribution in [3.63, 3.8) is 0 Å². The summed E-state index contributed by atoms with van der Waals surface area (Å²) in [6, 6.07) is 0. The van der Waals surface area contributed by atoms with E-state index < -0.39 is 0 Å². The zero-order valence-corrected chi connectivity index (χ0v) is 9.30. The molecule has 2 nitrogen and oxygen atoms in total. The fraction of sp³-hybridized carbons (Fsp3) is 0.889. The molecule has 0 heterocycles. The molecule has 1 unspecified atom stereocenters. The summed E-state index contributed by atoms with van der Waals surface area (Å²) in [5.41, 5.74) is 0. The summed E-state index contributed by atoms with van der Waals surface area (Å²) >= 11 is 3.28. The van der Waals surface area contributed by atoms with Crippen LogP contribution in [0.2, 0.25) is 0 Å². The Morgan fingerprint density at radius 2 is 2.25 bits per heavy atom. The molecule has 0 aromatic heterocycles. The number of hydrogen-bond acceptors (Lipinski definition) is 1. The Bertz CT molecular complexity index is 166. The molecule has 3 heteroatoms. The van der Waals surface area contributed by atoms with Gasteiger partial charge in [-0.3, -0.25) is 4.79 Å². The highest BCUT2D eigenvalue weighted by molar-refractivity contribution is 9.10. The highest BCUT2D eigenvalue weighted by Crippen LogP contribution is 2.26. The summed E-state index contributed by atoms with van der Waals surface area (Å²) in [5, 5.41) is 0. The van der Waals surface area contributed by atoms with Crippen LogP contribution in [0.1, 0.15) is 26.2 Å². The third-order valence-electron chi connectivity index (χ3n) is 2.47. The highest BCUT2D eigenvalue weighted by atomic mass is 79.9. The van der Waals surface area contributed by atoms with Crippen LogP contribution in [0.25, 0.3) is 0 Å². The van der Waals surface area contributed by atoms with Gasteiger partial charge >= 0.3 is 0 Å². The van der Waals surface area contributed by atoms with Crippen LogP contribution in [0.3, 0.4) is 0 Å². The molecule has 1 aliphatic rings. The number of rotatable bonds is 3. The molecule has 0 N–H and O–H groups in total. The molecule has 70 valence electrons. The molecular weight excluding hydrogens is 218 g/mol. The van der Waals surface area contributed by atoms with E-state index in [1.54, 1.807) is 0 Å². The van der Waals surface area contributed by atoms with E-state index >= 15 is 0 Å². The molecule has 1 saturated carbocycles. The SMILES string of the molecule is CC(Br)C(=O)N(C)CC1CCC1. The van der Waals surface area contributed by atoms with E-state index in [-0.39, 0.29) is 10.7 Å². The van der Waals surface area contributed by atoms with Crippen LogP contribution < -0.4 is 0 Å². The van der Waals surface area contributed by atoms with Gasteiger partial charge in [0.25, 0.3) is 0 Å². The van der Waals surface area contributed by atoms with Crippen molar-refractivity contribution in [3.8, 4) is 0 Å². The van der Waals surface area contributed by atoms with Crippen LogP contribution in [0.5, 0.6) is 0 Å². The topological polar surface area (TPSA) is 20.3 Å². The van der Waals surface area contributed by atoms with Gasteiger partial charge in [0.05, 0.1) is 4.83 Å². The van der Waals surface area contributed by atoms with Crippen molar-refractivity contribution in [2.24, 2.45) is 5.92 Å². The third-order valence-corrected chi connectivity index (χ3v) is 2.86. The van der Waals surface area contributed by atoms with Crippen LogP contribution in [-0.2, 0) is 4.79 Å². The smallest absolute Gasteiger partial charge is 0.235 e. The van der Waals surface area contributed by atoms with Gasteiger partial charge in [-0.25, -0.2) is 0 Å². The average Bonchev–Trinajstić information content (AvgIpc) is 1.94. The van der Waals surface area contributed by atoms with Crippen molar-refractivity contribution in [1.29, 1.82) is 0 Å². The minimum atomic E-state index is -0.0393. The Labute approximate surface area is 82.4 Å². The lowest BCUT2D eigenvalue weighted by Crippen LogP contribution is -2.37. The largest absolute Gasteiger partial charge is 0.345 e. The number of nitrogens with zero attached hydrogens (tertiary/aromatic N) is 1. The summed E-state index contributed by atoms with van der Waals surface area (Å²) in [6.45, 7) is 2.81. The van der Waals surface area contributed by atoms with Crippen LogP contribution >= 0.6 is 15.9 Å². The fourth-order valence-electron chi connectivity index (χ4n) is 1.46. The van der Waals surface area contributed by atoms with Crippen molar-refractivity contribution < 1.29 is 4.79 Å². The first-order chi connectivity index (χ1) is 5.61. The molecule has 0 aromatic carbocycles. The van der Waals surface area contributed by atoms with Gasteiger partial charge in [-0.05, 0) is 25.7 Å². The summed E-state index contributed by atoms with van der Waals surface area (Å²) in [7, 11) is 1.89. The van der Waals surface area contributed by atoms with Crippen molar-refractivity contribution in [1.82, 2.24) is 4.90 Å². The van der Waals surface area contributed by atoms with E-state index in [9.17, 15) is 4.79 Å². The van der Waals surface area contributed by atoms with Gasteiger partial charge in [-0.15, -0.1) is 0 Å². The van der Waals surface area contributed by atoms with Crippen LogP contribution in [0, 0.1) is 5.92 Å². The second kappa shape index (κ2) is 4.26. The Morgan fingerprint density at radius 3 is 2.58 bits per heavy atom. The van der Waals surface area contributed by atoms with Crippen molar-refractivity contribution >= 4 is 21.8 Å². The first kappa shape index (κ1) is 10.0. The van der Waals surface area contributed by atoms with Crippen molar-refractivity contribution in [3.05, 3.63) is 0 Å². The number of hydrogen-bond donors (Lipinski definition) is 0. The first-order valence-electron chi connectivity index (χ1n) is 4.50. The summed E-state index contributed by atoms with van der Waals surface area (Å²) in [5.74, 6) is 0.965. The molecule has 1 rings (SSSR count). The van der Waals surface area contributed by atoms with E-state index in [1.165, 1.54) is 19.3 Å². The second-order valence-electron chi connectivity index (χ2n) is 3.63. The number of halogens is 1. The molecule has 1 aliphatic carbocycles. The number of carbonyl (C=O) groups is 1. The molecule has 0 bridgehead atoms. The molecule has 0 spiro atoms. The van der Waals surface area contributed by atoms with E-state index in [4.69, 9.17) is 0 Å². The lowest BCUT2D eigenvalue weighted by Gasteiger charge is -2.30. The fourth-order valence-corrected chi connectivity index (χ4v) is 1.81. The van der Waals surface area contributed by atoms with Crippen molar-refractivity contribution in [2.75, 3.05) is 13.6 Å². The predicted molar refractivity (Wildman–Crippen MR) is 53.4 cm³/mol. The van der Waals surface area contributed by atoms with Gasteiger partial charge in [-0.2, -0.15) is 0 Å². The zero-order valence-electron chi connectivity index (χ0n) is 7.72. The quantitative estimate of drug-likeness (QED) is 0.684. The van der Waals surface area contributed by atoms with Gasteiger partial charge in [0.15, 0.2) is 0 Å². The Hall–Kier alpha value is -0.0500.